The number of nitrogens with one attached hydrogen (secondary N) is 1. The van der Waals surface area contributed by atoms with Crippen LogP contribution < -0.4 is 11.3 Å². The summed E-state index contributed by atoms with van der Waals surface area (Å²) in [6.45, 7) is 0.797. The van der Waals surface area contributed by atoms with Crippen molar-refractivity contribution in [2.45, 2.75) is 6.42 Å². The van der Waals surface area contributed by atoms with Crippen LogP contribution >= 0.6 is 0 Å². The van der Waals surface area contributed by atoms with Crippen molar-refractivity contribution in [2.24, 2.45) is 5.84 Å². The monoisotopic (exact) mass is 137 g/mol. The van der Waals surface area contributed by atoms with Gasteiger partial charge in [-0.2, -0.15) is 0 Å². The van der Waals surface area contributed by atoms with Crippen LogP contribution in [-0.4, -0.2) is 11.5 Å². The average molecular weight is 137 g/mol. The standard InChI is InChI=1S/C7H11N3/c8-10-5-3-7-2-1-4-9-6-7/h1-2,4,6,10H,3,5,8H2. The molecule has 0 aromatic carbocycles. The molecule has 0 spiro atoms. The van der Waals surface area contributed by atoms with Gasteiger partial charge >= 0.3 is 0 Å². The molecule has 0 saturated carbocycles. The molecule has 0 atom stereocenters. The van der Waals surface area contributed by atoms with Crippen LogP contribution in [-0.2, 0) is 6.42 Å². The second-order valence-electron chi connectivity index (χ2n) is 2.07. The van der Waals surface area contributed by atoms with Crippen molar-refractivity contribution < 1.29 is 0 Å². The van der Waals surface area contributed by atoms with Crippen molar-refractivity contribution in [3.8, 4) is 0 Å². The van der Waals surface area contributed by atoms with Gasteiger partial charge in [0.25, 0.3) is 0 Å². The molecule has 0 aliphatic carbocycles. The van der Waals surface area contributed by atoms with Gasteiger partial charge < -0.3 is 0 Å². The topological polar surface area (TPSA) is 50.9 Å². The molecule has 0 unspecified atom stereocenters. The second kappa shape index (κ2) is 3.98. The number of hydrogen-bond donors (Lipinski definition) is 2. The van der Waals surface area contributed by atoms with E-state index in [2.05, 4.69) is 10.4 Å². The summed E-state index contributed by atoms with van der Waals surface area (Å²) in [5, 5.41) is 0. The van der Waals surface area contributed by atoms with Gasteiger partial charge in [-0.05, 0) is 18.1 Å². The van der Waals surface area contributed by atoms with E-state index in [4.69, 9.17) is 5.84 Å². The van der Waals surface area contributed by atoms with Gasteiger partial charge in [0.15, 0.2) is 0 Å². The van der Waals surface area contributed by atoms with E-state index < -0.39 is 0 Å². The fourth-order valence-electron chi connectivity index (χ4n) is 0.763. The van der Waals surface area contributed by atoms with E-state index in [1.165, 1.54) is 5.56 Å². The summed E-state index contributed by atoms with van der Waals surface area (Å²) in [4.78, 5) is 3.97. The Kier molecular flexibility index (Phi) is 2.86. The van der Waals surface area contributed by atoms with Crippen LogP contribution in [0.25, 0.3) is 0 Å². The van der Waals surface area contributed by atoms with Crippen LogP contribution in [0.5, 0.6) is 0 Å². The summed E-state index contributed by atoms with van der Waals surface area (Å²) < 4.78 is 0. The van der Waals surface area contributed by atoms with Gasteiger partial charge in [-0.1, -0.05) is 6.07 Å². The molecule has 10 heavy (non-hydrogen) atoms. The first-order chi connectivity index (χ1) is 4.93. The van der Waals surface area contributed by atoms with Crippen LogP contribution in [0.15, 0.2) is 24.5 Å². The molecular weight excluding hydrogens is 126 g/mol. The van der Waals surface area contributed by atoms with Crippen molar-refractivity contribution in [3.63, 3.8) is 0 Å². The number of hydrazine groups is 1. The van der Waals surface area contributed by atoms with Gasteiger partial charge in [0.05, 0.1) is 0 Å². The van der Waals surface area contributed by atoms with E-state index in [0.29, 0.717) is 0 Å². The first-order valence-corrected chi connectivity index (χ1v) is 3.26. The van der Waals surface area contributed by atoms with Gasteiger partial charge in [-0.3, -0.25) is 16.3 Å². The van der Waals surface area contributed by atoms with E-state index in [9.17, 15) is 0 Å². The maximum atomic E-state index is 5.11. The minimum absolute atomic E-state index is 0.797. The van der Waals surface area contributed by atoms with Crippen LogP contribution in [0.2, 0.25) is 0 Å². The lowest BCUT2D eigenvalue weighted by molar-refractivity contribution is 0.727. The Hall–Kier alpha value is -0.930. The summed E-state index contributed by atoms with van der Waals surface area (Å²) in [5.41, 5.74) is 3.80. The lowest BCUT2D eigenvalue weighted by atomic mass is 10.2. The fraction of sp³-hybridized carbons (Fsp3) is 0.286. The highest BCUT2D eigenvalue weighted by molar-refractivity contribution is 5.08. The third-order valence-electron chi connectivity index (χ3n) is 1.28. The molecule has 3 nitrogen and oxygen atoms in total. The van der Waals surface area contributed by atoms with Crippen LogP contribution in [0, 0.1) is 0 Å². The van der Waals surface area contributed by atoms with Crippen LogP contribution in [0.3, 0.4) is 0 Å². The van der Waals surface area contributed by atoms with Crippen LogP contribution in [0.4, 0.5) is 0 Å². The van der Waals surface area contributed by atoms with Gasteiger partial charge in [0.1, 0.15) is 0 Å². The van der Waals surface area contributed by atoms with Gasteiger partial charge in [0, 0.05) is 18.9 Å². The lowest BCUT2D eigenvalue weighted by Crippen LogP contribution is -2.24. The largest absolute Gasteiger partial charge is 0.271 e. The molecule has 0 amide bonds. The average Bonchev–Trinajstić information content (AvgIpc) is 2.03. The van der Waals surface area contributed by atoms with Gasteiger partial charge in [-0.15, -0.1) is 0 Å². The molecular formula is C7H11N3. The maximum absolute atomic E-state index is 5.11. The highest BCUT2D eigenvalue weighted by Crippen LogP contribution is 1.94. The van der Waals surface area contributed by atoms with E-state index in [-0.39, 0.29) is 0 Å². The summed E-state index contributed by atoms with van der Waals surface area (Å²) in [6, 6.07) is 3.95. The van der Waals surface area contributed by atoms with Crippen molar-refractivity contribution in [1.29, 1.82) is 0 Å². The number of rotatable bonds is 3. The fourth-order valence-corrected chi connectivity index (χ4v) is 0.763. The highest BCUT2D eigenvalue weighted by Gasteiger charge is 1.87. The zero-order valence-corrected chi connectivity index (χ0v) is 5.75. The molecule has 0 aliphatic rings. The van der Waals surface area contributed by atoms with Crippen molar-refractivity contribution >= 4 is 0 Å². The molecule has 0 saturated heterocycles. The van der Waals surface area contributed by atoms with E-state index >= 15 is 0 Å². The third-order valence-corrected chi connectivity index (χ3v) is 1.28. The first-order valence-electron chi connectivity index (χ1n) is 3.26. The van der Waals surface area contributed by atoms with E-state index in [1.807, 2.05) is 18.3 Å². The van der Waals surface area contributed by atoms with Crippen molar-refractivity contribution in [3.05, 3.63) is 30.1 Å². The summed E-state index contributed by atoms with van der Waals surface area (Å²) in [7, 11) is 0. The molecule has 0 fully saturated rings. The molecule has 1 heterocycles. The highest BCUT2D eigenvalue weighted by atomic mass is 15.2. The Labute approximate surface area is 60.2 Å². The molecule has 3 heteroatoms. The van der Waals surface area contributed by atoms with Crippen molar-refractivity contribution in [2.75, 3.05) is 6.54 Å². The Morgan fingerprint density at radius 1 is 1.60 bits per heavy atom. The normalized spacial score (nSPS) is 9.70. The molecule has 0 radical (unpaired) electrons. The first kappa shape index (κ1) is 7.18. The number of aromatic nitrogens is 1. The van der Waals surface area contributed by atoms with E-state index in [1.54, 1.807) is 6.20 Å². The number of nitrogens with two attached hydrogens (primary N) is 1. The molecule has 0 aliphatic heterocycles. The zero-order valence-electron chi connectivity index (χ0n) is 5.75. The third kappa shape index (κ3) is 2.13. The summed E-state index contributed by atoms with van der Waals surface area (Å²) >= 11 is 0. The Balaban J connectivity index is 2.43. The van der Waals surface area contributed by atoms with Crippen molar-refractivity contribution in [1.82, 2.24) is 10.4 Å². The smallest absolute Gasteiger partial charge is 0.0300 e. The molecule has 3 N–H and O–H groups in total. The Morgan fingerprint density at radius 2 is 2.50 bits per heavy atom. The lowest BCUT2D eigenvalue weighted by Gasteiger charge is -1.97. The van der Waals surface area contributed by atoms with Gasteiger partial charge in [-0.25, -0.2) is 0 Å². The molecule has 54 valence electrons. The zero-order chi connectivity index (χ0) is 7.23. The predicted octanol–water partition coefficient (Wildman–Crippen LogP) is 0.0874. The molecule has 1 aromatic rings. The molecule has 1 rings (SSSR count). The predicted molar refractivity (Wildman–Crippen MR) is 40.1 cm³/mol. The Bertz CT molecular complexity index is 173. The van der Waals surface area contributed by atoms with Crippen LogP contribution in [0.1, 0.15) is 5.56 Å². The summed E-state index contributed by atoms with van der Waals surface area (Å²) in [6.07, 6.45) is 4.54. The maximum Gasteiger partial charge on any atom is 0.0300 e. The number of hydrogen-bond acceptors (Lipinski definition) is 3. The van der Waals surface area contributed by atoms with E-state index in [0.717, 1.165) is 13.0 Å². The minimum atomic E-state index is 0.797. The number of nitrogens with zero attached hydrogens (tertiary/aromatic N) is 1. The SMILES string of the molecule is NNCCc1cccnc1. The molecule has 0 bridgehead atoms. The Morgan fingerprint density at radius 3 is 3.10 bits per heavy atom. The quantitative estimate of drug-likeness (QED) is 0.458. The number of pyridine rings is 1. The second-order valence-corrected chi connectivity index (χ2v) is 2.07. The molecule has 1 aromatic heterocycles. The minimum Gasteiger partial charge on any atom is -0.271 e. The summed E-state index contributed by atoms with van der Waals surface area (Å²) in [5.74, 6) is 5.11. The van der Waals surface area contributed by atoms with Gasteiger partial charge in [0.2, 0.25) is 0 Å².